The zero-order chi connectivity index (χ0) is 71.7. The van der Waals surface area contributed by atoms with Crippen LogP contribution in [0.4, 0.5) is 0 Å². The largest absolute Gasteiger partial charge is 0.390 e. The summed E-state index contributed by atoms with van der Waals surface area (Å²) in [4.78, 5) is 59.3. The maximum atomic E-state index is 13.9. The Labute approximate surface area is 583 Å². The first-order valence-corrected chi connectivity index (χ1v) is 39.5. The lowest BCUT2D eigenvalue weighted by Gasteiger charge is -2.33. The Morgan fingerprint density at radius 1 is 0.505 bits per heavy atom. The van der Waals surface area contributed by atoms with Crippen molar-refractivity contribution in [2.75, 3.05) is 42.6 Å². The van der Waals surface area contributed by atoms with E-state index in [-0.39, 0.29) is 72.6 Å². The van der Waals surface area contributed by atoms with Gasteiger partial charge in [0.25, 0.3) is 0 Å². The Morgan fingerprint density at radius 3 is 1.19 bits per heavy atom. The lowest BCUT2D eigenvalue weighted by molar-refractivity contribution is -0.132. The van der Waals surface area contributed by atoms with Gasteiger partial charge < -0.3 is 41.7 Å². The number of terminal acetylenes is 2. The maximum absolute atomic E-state index is 13.9. The molecule has 8 N–H and O–H groups in total. The summed E-state index contributed by atoms with van der Waals surface area (Å²) in [7, 11) is -7.33. The fourth-order valence-electron chi connectivity index (χ4n) is 13.6. The van der Waals surface area contributed by atoms with Crippen molar-refractivity contribution < 1.29 is 56.4 Å². The van der Waals surface area contributed by atoms with E-state index in [0.29, 0.717) is 63.7 Å². The summed E-state index contributed by atoms with van der Waals surface area (Å²) in [5.74, 6) is 0.714. The van der Waals surface area contributed by atoms with Gasteiger partial charge in [0, 0.05) is 44.6 Å². The van der Waals surface area contributed by atoms with E-state index in [4.69, 9.17) is 12.8 Å². The molecule has 10 atom stereocenters. The van der Waals surface area contributed by atoms with Gasteiger partial charge in [0.15, 0.2) is 19.7 Å². The highest BCUT2D eigenvalue weighted by Gasteiger charge is 2.37. The number of nitrogens with zero attached hydrogens (tertiary/aromatic N) is 2. The molecule has 4 amide bonds. The first-order valence-electron chi connectivity index (χ1n) is 35.8. The summed E-state index contributed by atoms with van der Waals surface area (Å²) in [6, 6.07) is 24.9. The highest BCUT2D eigenvalue weighted by Crippen LogP contribution is 2.31. The van der Waals surface area contributed by atoms with E-state index < -0.39 is 104 Å². The van der Waals surface area contributed by atoms with Gasteiger partial charge in [-0.25, -0.2) is 16.8 Å². The van der Waals surface area contributed by atoms with Crippen molar-refractivity contribution in [3.05, 3.63) is 108 Å². The van der Waals surface area contributed by atoms with Crippen molar-refractivity contribution in [3.8, 4) is 24.7 Å². The highest BCUT2D eigenvalue weighted by molar-refractivity contribution is 7.91. The fourth-order valence-corrected chi connectivity index (χ4v) is 16.7. The predicted octanol–water partition coefficient (Wildman–Crippen LogP) is 8.62. The van der Waals surface area contributed by atoms with E-state index >= 15 is 0 Å². The van der Waals surface area contributed by atoms with Gasteiger partial charge in [-0.1, -0.05) is 190 Å². The van der Waals surface area contributed by atoms with Crippen molar-refractivity contribution in [3.63, 3.8) is 0 Å². The molecule has 542 valence electrons. The number of amides is 4. The number of aliphatic hydroxyl groups excluding tert-OH is 4. The monoisotopic (exact) mass is 1380 g/mol. The highest BCUT2D eigenvalue weighted by atomic mass is 32.2. The van der Waals surface area contributed by atoms with Crippen LogP contribution in [0.1, 0.15) is 182 Å². The van der Waals surface area contributed by atoms with E-state index in [1.165, 1.54) is 0 Å². The van der Waals surface area contributed by atoms with E-state index in [0.717, 1.165) is 80.9 Å². The second-order valence-corrected chi connectivity index (χ2v) is 33.3. The summed E-state index contributed by atoms with van der Waals surface area (Å²) in [6.45, 7) is 19.9. The Morgan fingerprint density at radius 2 is 0.856 bits per heavy atom. The molecule has 2 saturated carbocycles. The molecule has 2 fully saturated rings. The molecule has 0 bridgehead atoms. The second-order valence-electron chi connectivity index (χ2n) is 28.8. The summed E-state index contributed by atoms with van der Waals surface area (Å²) in [5, 5.41) is 55.3. The number of benzene rings is 3. The molecule has 5 rings (SSSR count). The van der Waals surface area contributed by atoms with E-state index in [2.05, 4.69) is 42.9 Å². The van der Waals surface area contributed by atoms with Crippen molar-refractivity contribution in [2.45, 2.75) is 245 Å². The topological polar surface area (TPSA) is 272 Å². The smallest absolute Gasteiger partial charge is 0.243 e. The minimum Gasteiger partial charge on any atom is -0.390 e. The van der Waals surface area contributed by atoms with Crippen LogP contribution < -0.4 is 21.3 Å². The van der Waals surface area contributed by atoms with Gasteiger partial charge in [0.2, 0.25) is 23.6 Å². The third kappa shape index (κ3) is 32.0. The van der Waals surface area contributed by atoms with Crippen molar-refractivity contribution in [1.29, 1.82) is 0 Å². The Balaban J connectivity index is 0.000000413. The predicted molar refractivity (Wildman–Crippen MR) is 389 cm³/mol. The number of carbonyl (C=O) groups is 4. The molecular formula is C77H120N6O12S2. The quantitative estimate of drug-likeness (QED) is 0.0247. The average molecular weight is 1390 g/mol. The first-order chi connectivity index (χ1) is 46.0. The summed E-state index contributed by atoms with van der Waals surface area (Å²) in [5.41, 5.74) is 2.70. The van der Waals surface area contributed by atoms with Gasteiger partial charge in [0.05, 0.1) is 59.1 Å². The molecule has 20 heteroatoms. The van der Waals surface area contributed by atoms with Gasteiger partial charge in [-0.3, -0.25) is 29.0 Å². The van der Waals surface area contributed by atoms with Crippen LogP contribution in [0.5, 0.6) is 0 Å². The molecular weight excluding hydrogens is 1270 g/mol. The van der Waals surface area contributed by atoms with Crippen LogP contribution >= 0.6 is 0 Å². The van der Waals surface area contributed by atoms with E-state index in [1.807, 2.05) is 153 Å². The number of carbonyl (C=O) groups excluding carboxylic acids is 4. The lowest BCUT2D eigenvalue weighted by atomic mass is 9.82. The third-order valence-corrected chi connectivity index (χ3v) is 22.4. The number of sulfone groups is 2. The summed E-state index contributed by atoms with van der Waals surface area (Å²) in [6.07, 6.45) is 19.4. The second kappa shape index (κ2) is 43.8. The Bertz CT molecular complexity index is 3070. The number of hydrogen-bond acceptors (Lipinski definition) is 14. The van der Waals surface area contributed by atoms with E-state index in [1.54, 1.807) is 0 Å². The van der Waals surface area contributed by atoms with Crippen LogP contribution in [-0.4, -0.2) is 174 Å². The average Bonchev–Trinajstić information content (AvgIpc) is 0.874. The van der Waals surface area contributed by atoms with E-state index in [9.17, 15) is 56.4 Å². The SMILES string of the molecule is C#CC[C@H](NC(=O)[C@H](Cc1ccccc1)CS(=O)(=O)CCN(C(C)C)C(C)C)C(=O)N[C@@H](CC1CCCCC1)[C@@H](O)[C@@H](O)CC(C)C.C#CC[C@H](NC(=O)[C@H](Cc1ccccc1)CS(=O)(=O)CCN(CC)Cc1ccccc1)C(=O)N[C@@H](CC1CCCCC1)[C@@H](O)[C@@H](O)CC(C)C. The zero-order valence-corrected chi connectivity index (χ0v) is 61.3. The fraction of sp³-hybridized carbons (Fsp3) is 0.662. The normalized spacial score (nSPS) is 17.3. The lowest BCUT2D eigenvalue weighted by Crippen LogP contribution is -2.56. The number of rotatable bonds is 41. The summed E-state index contributed by atoms with van der Waals surface area (Å²) < 4.78 is 53.9. The minimum absolute atomic E-state index is 0.0877. The molecule has 18 nitrogen and oxygen atoms in total. The summed E-state index contributed by atoms with van der Waals surface area (Å²) >= 11 is 0. The number of hydrogen-bond donors (Lipinski definition) is 8. The van der Waals surface area contributed by atoms with Gasteiger partial charge in [-0.15, -0.1) is 24.7 Å². The van der Waals surface area contributed by atoms with Crippen LogP contribution in [0.2, 0.25) is 0 Å². The standard InChI is InChI=1S/C40H59N3O6S.C37H61N3O6S/c1-5-16-35(40(47)42-36(27-32-19-12-8-13-20-32)38(45)37(44)25-30(3)4)41-39(46)34(26-31-17-10-7-11-18-31)29-50(48,49)24-23-43(6-2)28-33-21-14-9-15-22-33;1-8-15-32(37(44)39-33(24-30-18-13-10-14-19-30)35(42)34(41)22-26(2)3)38-36(43)31(23-29-16-11-9-12-17-29)25-47(45,46)21-20-40(27(4)5)28(6)7/h1,7,9-11,14-15,17-18,21-22,30,32,34-38,44-45H,6,8,12-13,16,19-20,23-29H2,2-4H3,(H,41,46)(H,42,47);1,9,11-12,16-17,26-28,30-35,41-42H,10,13-15,18-25H2,2-7H3,(H,38,43)(H,39,44)/t34-,35+,36+,37+,38-;31-,32+,33+,34+,35-/m11/s1. The van der Waals surface area contributed by atoms with Crippen LogP contribution in [-0.2, 0) is 58.2 Å². The molecule has 0 heterocycles. The molecule has 0 radical (unpaired) electrons. The first kappa shape index (κ1) is 83.7. The van der Waals surface area contributed by atoms with Crippen molar-refractivity contribution >= 4 is 43.3 Å². The van der Waals surface area contributed by atoms with Gasteiger partial charge in [0.1, 0.15) is 24.3 Å². The molecule has 0 spiro atoms. The van der Waals surface area contributed by atoms with Crippen molar-refractivity contribution in [1.82, 2.24) is 31.1 Å². The maximum Gasteiger partial charge on any atom is 0.243 e. The Kier molecular flexibility index (Phi) is 37.8. The molecule has 2 aliphatic rings. The minimum atomic E-state index is -3.68. The Hall–Kier alpha value is -5.68. The van der Waals surface area contributed by atoms with Gasteiger partial charge >= 0.3 is 0 Å². The van der Waals surface area contributed by atoms with Gasteiger partial charge in [-0.05, 0) is 113 Å². The van der Waals surface area contributed by atoms with Gasteiger partial charge in [-0.2, -0.15) is 0 Å². The third-order valence-electron chi connectivity index (χ3n) is 18.9. The zero-order valence-electron chi connectivity index (χ0n) is 59.7. The number of aliphatic hydroxyl groups is 4. The van der Waals surface area contributed by atoms with Crippen molar-refractivity contribution in [2.24, 2.45) is 35.5 Å². The molecule has 0 aliphatic heterocycles. The number of nitrogens with one attached hydrogen (secondary N) is 4. The molecule has 0 aromatic heterocycles. The van der Waals surface area contributed by atoms with Crippen LogP contribution in [0.25, 0.3) is 0 Å². The van der Waals surface area contributed by atoms with Crippen LogP contribution in [0, 0.1) is 60.2 Å². The van der Waals surface area contributed by atoms with Crippen LogP contribution in [0.3, 0.4) is 0 Å². The molecule has 0 unspecified atom stereocenters. The molecule has 2 aliphatic carbocycles. The molecule has 3 aromatic rings. The molecule has 0 saturated heterocycles. The molecule has 97 heavy (non-hydrogen) atoms. The molecule has 3 aromatic carbocycles. The van der Waals surface area contributed by atoms with Crippen LogP contribution in [0.15, 0.2) is 91.0 Å².